The number of alkyl halides is 2. The van der Waals surface area contributed by atoms with Gasteiger partial charge in [-0.3, -0.25) is 0 Å². The van der Waals surface area contributed by atoms with Crippen LogP contribution in [0.4, 0.5) is 13.2 Å². The van der Waals surface area contributed by atoms with Gasteiger partial charge in [-0.05, 0) is 57.8 Å². The normalized spacial score (nSPS) is 31.4. The number of rotatable bonds is 2. The minimum atomic E-state index is -2.78. The van der Waals surface area contributed by atoms with Gasteiger partial charge in [0.2, 0.25) is 0 Å². The fourth-order valence-electron chi connectivity index (χ4n) is 2.76. The van der Waals surface area contributed by atoms with Crippen LogP contribution in [-0.2, 0) is 14.7 Å². The molecule has 0 aromatic heterocycles. The van der Waals surface area contributed by atoms with Crippen LogP contribution in [-0.4, -0.2) is 24.2 Å². The summed E-state index contributed by atoms with van der Waals surface area (Å²) in [6.07, 6.45) is -0.258. The summed E-state index contributed by atoms with van der Waals surface area (Å²) in [5.41, 5.74) is -1.68. The molecular weight excluding hydrogens is 292 g/mol. The molecule has 22 heavy (non-hydrogen) atoms. The molecular formula is C16H20BF3O2. The van der Waals surface area contributed by atoms with E-state index in [1.165, 1.54) is 19.1 Å². The van der Waals surface area contributed by atoms with Crippen LogP contribution in [0.25, 0.3) is 0 Å². The SMILES string of the molecule is CC1(C)OB(c2cc(F)cc(C3(C)CC3(F)F)c2)OC1(C)C. The van der Waals surface area contributed by atoms with E-state index in [1.807, 2.05) is 27.7 Å². The Morgan fingerprint density at radius 2 is 1.45 bits per heavy atom. The van der Waals surface area contributed by atoms with Crippen molar-refractivity contribution in [1.29, 1.82) is 0 Å². The molecule has 1 saturated heterocycles. The van der Waals surface area contributed by atoms with Crippen LogP contribution in [0.5, 0.6) is 0 Å². The van der Waals surface area contributed by atoms with E-state index in [0.29, 0.717) is 11.0 Å². The van der Waals surface area contributed by atoms with Crippen molar-refractivity contribution in [3.05, 3.63) is 29.6 Å². The predicted molar refractivity (Wildman–Crippen MR) is 79.0 cm³/mol. The third-order valence-electron chi connectivity index (χ3n) is 5.34. The van der Waals surface area contributed by atoms with E-state index in [-0.39, 0.29) is 6.42 Å². The zero-order valence-electron chi connectivity index (χ0n) is 13.5. The van der Waals surface area contributed by atoms with E-state index in [4.69, 9.17) is 9.31 Å². The van der Waals surface area contributed by atoms with Gasteiger partial charge in [-0.15, -0.1) is 0 Å². The van der Waals surface area contributed by atoms with Crippen molar-refractivity contribution in [1.82, 2.24) is 0 Å². The van der Waals surface area contributed by atoms with Crippen molar-refractivity contribution in [2.45, 2.75) is 63.6 Å². The van der Waals surface area contributed by atoms with Crippen molar-refractivity contribution in [3.63, 3.8) is 0 Å². The first-order valence-electron chi connectivity index (χ1n) is 7.42. The lowest BCUT2D eigenvalue weighted by Crippen LogP contribution is -2.41. The lowest BCUT2D eigenvalue weighted by atomic mass is 9.77. The van der Waals surface area contributed by atoms with Crippen molar-refractivity contribution in [3.8, 4) is 0 Å². The van der Waals surface area contributed by atoms with Crippen LogP contribution < -0.4 is 5.46 Å². The first kappa shape index (κ1) is 15.9. The fraction of sp³-hybridized carbons (Fsp3) is 0.625. The van der Waals surface area contributed by atoms with E-state index < -0.39 is 35.5 Å². The highest BCUT2D eigenvalue weighted by Crippen LogP contribution is 2.61. The van der Waals surface area contributed by atoms with Crippen molar-refractivity contribution < 1.29 is 22.5 Å². The molecule has 1 aliphatic heterocycles. The Morgan fingerprint density at radius 1 is 0.955 bits per heavy atom. The quantitative estimate of drug-likeness (QED) is 0.779. The highest BCUT2D eigenvalue weighted by Gasteiger charge is 2.68. The molecule has 2 nitrogen and oxygen atoms in total. The van der Waals surface area contributed by atoms with Gasteiger partial charge in [-0.2, -0.15) is 0 Å². The Labute approximate surface area is 129 Å². The summed E-state index contributed by atoms with van der Waals surface area (Å²) in [5.74, 6) is -3.33. The van der Waals surface area contributed by atoms with Gasteiger partial charge in [0.05, 0.1) is 16.6 Å². The standard InChI is InChI=1S/C16H20BF3O2/c1-13(2)14(3,4)22-17(21-13)11-6-10(7-12(18)8-11)15(5)9-16(15,19)20/h6-8H,9H2,1-5H3. The molecule has 120 valence electrons. The monoisotopic (exact) mass is 312 g/mol. The molecule has 1 aliphatic carbocycles. The summed E-state index contributed by atoms with van der Waals surface area (Å²) >= 11 is 0. The average Bonchev–Trinajstić information content (AvgIpc) is 2.77. The van der Waals surface area contributed by atoms with E-state index in [0.717, 1.165) is 0 Å². The molecule has 0 N–H and O–H groups in total. The Bertz CT molecular complexity index is 614. The van der Waals surface area contributed by atoms with Crippen LogP contribution in [0, 0.1) is 5.82 Å². The van der Waals surface area contributed by atoms with Gasteiger partial charge in [0.1, 0.15) is 5.82 Å². The van der Waals surface area contributed by atoms with Crippen LogP contribution >= 0.6 is 0 Å². The van der Waals surface area contributed by atoms with Gasteiger partial charge >= 0.3 is 7.12 Å². The number of hydrogen-bond donors (Lipinski definition) is 0. The molecule has 6 heteroatoms. The third kappa shape index (κ3) is 2.19. The molecule has 2 aliphatic rings. The van der Waals surface area contributed by atoms with E-state index in [2.05, 4.69) is 0 Å². The maximum Gasteiger partial charge on any atom is 0.494 e. The topological polar surface area (TPSA) is 18.5 Å². The average molecular weight is 312 g/mol. The van der Waals surface area contributed by atoms with Crippen LogP contribution in [0.1, 0.15) is 46.6 Å². The summed E-state index contributed by atoms with van der Waals surface area (Å²) < 4.78 is 52.8. The Kier molecular flexibility index (Phi) is 3.10. The molecule has 1 heterocycles. The molecule has 0 amide bonds. The third-order valence-corrected chi connectivity index (χ3v) is 5.34. The second kappa shape index (κ2) is 4.29. The highest BCUT2D eigenvalue weighted by molar-refractivity contribution is 6.62. The molecule has 3 rings (SSSR count). The van der Waals surface area contributed by atoms with Crippen LogP contribution in [0.3, 0.4) is 0 Å². The van der Waals surface area contributed by atoms with Crippen molar-refractivity contribution >= 4 is 12.6 Å². The van der Waals surface area contributed by atoms with Crippen LogP contribution in [0.2, 0.25) is 0 Å². The molecule has 0 radical (unpaired) electrons. The smallest absolute Gasteiger partial charge is 0.399 e. The molecule has 2 fully saturated rings. The highest BCUT2D eigenvalue weighted by atomic mass is 19.3. The predicted octanol–water partition coefficient (Wildman–Crippen LogP) is 3.42. The first-order chi connectivity index (χ1) is 9.88. The number of benzene rings is 1. The lowest BCUT2D eigenvalue weighted by Gasteiger charge is -2.32. The lowest BCUT2D eigenvalue weighted by molar-refractivity contribution is 0.00578. The second-order valence-electron chi connectivity index (χ2n) is 7.57. The van der Waals surface area contributed by atoms with Crippen LogP contribution in [0.15, 0.2) is 18.2 Å². The van der Waals surface area contributed by atoms with E-state index >= 15 is 0 Å². The maximum atomic E-state index is 13.9. The largest absolute Gasteiger partial charge is 0.494 e. The molecule has 1 aromatic carbocycles. The molecule has 0 spiro atoms. The zero-order chi connectivity index (χ0) is 16.6. The molecule has 1 unspecified atom stereocenters. The van der Waals surface area contributed by atoms with Crippen molar-refractivity contribution in [2.75, 3.05) is 0 Å². The Balaban J connectivity index is 1.96. The summed E-state index contributed by atoms with van der Waals surface area (Å²) in [5, 5.41) is 0. The minimum Gasteiger partial charge on any atom is -0.399 e. The minimum absolute atomic E-state index is 0.258. The number of hydrogen-bond acceptors (Lipinski definition) is 2. The second-order valence-corrected chi connectivity index (χ2v) is 7.57. The van der Waals surface area contributed by atoms with Gasteiger partial charge in [-0.1, -0.05) is 6.07 Å². The number of halogens is 3. The molecule has 1 saturated carbocycles. The van der Waals surface area contributed by atoms with E-state index in [1.54, 1.807) is 6.07 Å². The van der Waals surface area contributed by atoms with Gasteiger partial charge in [0.25, 0.3) is 5.92 Å². The fourth-order valence-corrected chi connectivity index (χ4v) is 2.76. The summed E-state index contributed by atoms with van der Waals surface area (Å²) in [7, 11) is -0.754. The summed E-state index contributed by atoms with van der Waals surface area (Å²) in [4.78, 5) is 0. The Hall–Kier alpha value is -1.01. The first-order valence-corrected chi connectivity index (χ1v) is 7.42. The maximum absolute atomic E-state index is 13.9. The van der Waals surface area contributed by atoms with Gasteiger partial charge in [0, 0.05) is 6.42 Å². The molecule has 1 atom stereocenters. The van der Waals surface area contributed by atoms with Gasteiger partial charge < -0.3 is 9.31 Å². The molecule has 1 aromatic rings. The van der Waals surface area contributed by atoms with Crippen molar-refractivity contribution in [2.24, 2.45) is 0 Å². The van der Waals surface area contributed by atoms with Gasteiger partial charge in [0.15, 0.2) is 0 Å². The van der Waals surface area contributed by atoms with E-state index in [9.17, 15) is 13.2 Å². The summed E-state index contributed by atoms with van der Waals surface area (Å²) in [6.45, 7) is 9.02. The Morgan fingerprint density at radius 3 is 1.91 bits per heavy atom. The van der Waals surface area contributed by atoms with Gasteiger partial charge in [-0.25, -0.2) is 13.2 Å². The molecule has 0 bridgehead atoms. The zero-order valence-corrected chi connectivity index (χ0v) is 13.5. The summed E-state index contributed by atoms with van der Waals surface area (Å²) in [6, 6.07) is 4.04.